The lowest BCUT2D eigenvalue weighted by Crippen LogP contribution is -2.22. The van der Waals surface area contributed by atoms with Crippen LogP contribution in [0.2, 0.25) is 0 Å². The van der Waals surface area contributed by atoms with E-state index >= 15 is 0 Å². The summed E-state index contributed by atoms with van der Waals surface area (Å²) in [7, 11) is 0. The van der Waals surface area contributed by atoms with Crippen molar-refractivity contribution in [3.8, 4) is 5.69 Å². The number of para-hydroxylation sites is 1. The van der Waals surface area contributed by atoms with Gasteiger partial charge in [-0.2, -0.15) is 0 Å². The van der Waals surface area contributed by atoms with E-state index in [4.69, 9.17) is 4.74 Å². The SMILES string of the molecule is CCOC(=O)C(Sc1nnc2n(-c3ccc(C)cc3C)c(=O)c3ccccc3n12)c1ccccc1. The summed E-state index contributed by atoms with van der Waals surface area (Å²) in [5.74, 6) is 0.0336. The third-order valence-corrected chi connectivity index (χ3v) is 6.99. The Kier molecular flexibility index (Phi) is 6.13. The Bertz CT molecular complexity index is 1610. The Morgan fingerprint density at radius 1 is 1.00 bits per heavy atom. The number of esters is 1. The van der Waals surface area contributed by atoms with E-state index in [9.17, 15) is 9.59 Å². The first-order chi connectivity index (χ1) is 17.0. The van der Waals surface area contributed by atoms with Gasteiger partial charge in [0.2, 0.25) is 5.78 Å². The zero-order valence-corrected chi connectivity index (χ0v) is 20.5. The standard InChI is InChI=1S/C27H24N4O3S/c1-4-34-25(33)23(19-10-6-5-7-11-19)35-27-29-28-26-30(21-15-14-17(2)16-18(21)3)24(32)20-12-8-9-13-22(20)31(26)27/h5-16,23H,4H2,1-3H3. The minimum atomic E-state index is -0.635. The highest BCUT2D eigenvalue weighted by Crippen LogP contribution is 2.36. The van der Waals surface area contributed by atoms with E-state index in [-0.39, 0.29) is 18.1 Å². The van der Waals surface area contributed by atoms with Crippen LogP contribution >= 0.6 is 11.8 Å². The molecule has 1 unspecified atom stereocenters. The molecule has 176 valence electrons. The van der Waals surface area contributed by atoms with Crippen molar-refractivity contribution in [1.29, 1.82) is 0 Å². The van der Waals surface area contributed by atoms with Crippen LogP contribution in [0.4, 0.5) is 0 Å². The zero-order chi connectivity index (χ0) is 24.5. The summed E-state index contributed by atoms with van der Waals surface area (Å²) < 4.78 is 8.81. The van der Waals surface area contributed by atoms with Crippen molar-refractivity contribution in [1.82, 2.24) is 19.2 Å². The van der Waals surface area contributed by atoms with E-state index < -0.39 is 5.25 Å². The molecule has 0 bridgehead atoms. The smallest absolute Gasteiger partial charge is 0.324 e. The van der Waals surface area contributed by atoms with Crippen LogP contribution in [0.1, 0.15) is 28.9 Å². The molecule has 5 rings (SSSR count). The second-order valence-electron chi connectivity index (χ2n) is 8.23. The summed E-state index contributed by atoms with van der Waals surface area (Å²) in [4.78, 5) is 26.6. The van der Waals surface area contributed by atoms with Crippen LogP contribution in [0.5, 0.6) is 0 Å². The van der Waals surface area contributed by atoms with Gasteiger partial charge in [0, 0.05) is 0 Å². The summed E-state index contributed by atoms with van der Waals surface area (Å²) in [5.41, 5.74) is 4.11. The molecule has 3 aromatic carbocycles. The largest absolute Gasteiger partial charge is 0.465 e. The number of aryl methyl sites for hydroxylation is 2. The van der Waals surface area contributed by atoms with Crippen molar-refractivity contribution in [2.45, 2.75) is 31.2 Å². The molecule has 35 heavy (non-hydrogen) atoms. The number of carbonyl (C=O) groups excluding carboxylic acids is 1. The van der Waals surface area contributed by atoms with E-state index in [0.29, 0.717) is 21.8 Å². The van der Waals surface area contributed by atoms with Gasteiger partial charge in [0.05, 0.1) is 23.2 Å². The van der Waals surface area contributed by atoms with Crippen molar-refractivity contribution in [3.63, 3.8) is 0 Å². The van der Waals surface area contributed by atoms with Gasteiger partial charge >= 0.3 is 5.97 Å². The van der Waals surface area contributed by atoms with Crippen LogP contribution in [0.25, 0.3) is 22.4 Å². The molecule has 0 saturated heterocycles. The van der Waals surface area contributed by atoms with Crippen LogP contribution in [0, 0.1) is 13.8 Å². The molecule has 0 fully saturated rings. The number of aromatic nitrogens is 4. The van der Waals surface area contributed by atoms with Crippen LogP contribution < -0.4 is 5.56 Å². The van der Waals surface area contributed by atoms with Crippen molar-refractivity contribution >= 4 is 34.4 Å². The molecule has 0 aliphatic rings. The molecule has 0 aliphatic heterocycles. The molecular formula is C27H24N4O3S. The first-order valence-corrected chi connectivity index (χ1v) is 12.2. The summed E-state index contributed by atoms with van der Waals surface area (Å²) in [6.07, 6.45) is 0. The van der Waals surface area contributed by atoms with E-state index in [0.717, 1.165) is 22.4 Å². The fraction of sp³-hybridized carbons (Fsp3) is 0.185. The minimum absolute atomic E-state index is 0.172. The monoisotopic (exact) mass is 484 g/mol. The van der Waals surface area contributed by atoms with Crippen LogP contribution in [-0.4, -0.2) is 31.7 Å². The lowest BCUT2D eigenvalue weighted by atomic mass is 10.1. The second-order valence-corrected chi connectivity index (χ2v) is 9.30. The molecule has 0 N–H and O–H groups in total. The third-order valence-electron chi connectivity index (χ3n) is 5.81. The van der Waals surface area contributed by atoms with Gasteiger partial charge in [0.15, 0.2) is 5.16 Å². The van der Waals surface area contributed by atoms with Gasteiger partial charge in [0.25, 0.3) is 5.56 Å². The molecule has 0 radical (unpaired) electrons. The second kappa shape index (κ2) is 9.38. The molecule has 8 heteroatoms. The average molecular weight is 485 g/mol. The summed E-state index contributed by atoms with van der Waals surface area (Å²) in [6.45, 7) is 6.05. The first kappa shape index (κ1) is 22.9. The number of benzene rings is 3. The molecule has 0 saturated carbocycles. The van der Waals surface area contributed by atoms with E-state index in [2.05, 4.69) is 10.2 Å². The van der Waals surface area contributed by atoms with Gasteiger partial charge < -0.3 is 4.74 Å². The van der Waals surface area contributed by atoms with Gasteiger partial charge in [-0.3, -0.25) is 14.0 Å². The van der Waals surface area contributed by atoms with E-state index in [1.54, 1.807) is 17.6 Å². The highest BCUT2D eigenvalue weighted by molar-refractivity contribution is 8.00. The van der Waals surface area contributed by atoms with Crippen molar-refractivity contribution in [2.75, 3.05) is 6.61 Å². The fourth-order valence-corrected chi connectivity index (χ4v) is 5.27. The molecule has 5 aromatic rings. The van der Waals surface area contributed by atoms with E-state index in [1.807, 2.05) is 85.0 Å². The number of hydrogen-bond donors (Lipinski definition) is 0. The molecule has 2 heterocycles. The van der Waals surface area contributed by atoms with Crippen LogP contribution in [0.15, 0.2) is 82.7 Å². The number of rotatable bonds is 6. The average Bonchev–Trinajstić information content (AvgIpc) is 3.28. The zero-order valence-electron chi connectivity index (χ0n) is 19.6. The van der Waals surface area contributed by atoms with Crippen molar-refractivity contribution < 1.29 is 9.53 Å². The normalized spacial score (nSPS) is 12.2. The minimum Gasteiger partial charge on any atom is -0.465 e. The predicted octanol–water partition coefficient (Wildman–Crippen LogP) is 5.05. The van der Waals surface area contributed by atoms with Crippen LogP contribution in [0.3, 0.4) is 0 Å². The number of fused-ring (bicyclic) bond motifs is 3. The number of carbonyl (C=O) groups is 1. The molecule has 0 spiro atoms. The van der Waals surface area contributed by atoms with E-state index in [1.165, 1.54) is 11.8 Å². The maximum absolute atomic E-state index is 13.6. The molecular weight excluding hydrogens is 460 g/mol. The Labute approximate surface area is 206 Å². The van der Waals surface area contributed by atoms with Gasteiger partial charge in [-0.15, -0.1) is 10.2 Å². The third kappa shape index (κ3) is 4.10. The lowest BCUT2D eigenvalue weighted by Gasteiger charge is -2.16. The first-order valence-electron chi connectivity index (χ1n) is 11.3. The molecule has 0 amide bonds. The maximum Gasteiger partial charge on any atom is 0.324 e. The Hall–Kier alpha value is -3.91. The topological polar surface area (TPSA) is 78.5 Å². The Morgan fingerprint density at radius 3 is 2.49 bits per heavy atom. The summed E-state index contributed by atoms with van der Waals surface area (Å²) >= 11 is 1.26. The highest BCUT2D eigenvalue weighted by atomic mass is 32.2. The Balaban J connectivity index is 1.76. The molecule has 0 aliphatic carbocycles. The predicted molar refractivity (Wildman–Crippen MR) is 137 cm³/mol. The number of hydrogen-bond acceptors (Lipinski definition) is 6. The van der Waals surface area contributed by atoms with Crippen LogP contribution in [-0.2, 0) is 9.53 Å². The maximum atomic E-state index is 13.6. The van der Waals surface area contributed by atoms with Gasteiger partial charge in [-0.05, 0) is 50.1 Å². The molecule has 2 aromatic heterocycles. The Morgan fingerprint density at radius 2 is 1.74 bits per heavy atom. The quantitative estimate of drug-likeness (QED) is 0.248. The van der Waals surface area contributed by atoms with Crippen molar-refractivity contribution in [2.24, 2.45) is 0 Å². The fourth-order valence-electron chi connectivity index (χ4n) is 4.23. The molecule has 7 nitrogen and oxygen atoms in total. The molecule has 1 atom stereocenters. The van der Waals surface area contributed by atoms with Gasteiger partial charge in [0.1, 0.15) is 5.25 Å². The number of thioether (sulfide) groups is 1. The van der Waals surface area contributed by atoms with Gasteiger partial charge in [-0.1, -0.05) is 71.9 Å². The van der Waals surface area contributed by atoms with Crippen molar-refractivity contribution in [3.05, 3.63) is 99.8 Å². The number of nitrogens with zero attached hydrogens (tertiary/aromatic N) is 4. The highest BCUT2D eigenvalue weighted by Gasteiger charge is 2.27. The summed E-state index contributed by atoms with van der Waals surface area (Å²) in [6, 6.07) is 22.8. The van der Waals surface area contributed by atoms with Gasteiger partial charge in [-0.25, -0.2) is 4.57 Å². The summed E-state index contributed by atoms with van der Waals surface area (Å²) in [5, 5.41) is 9.26. The lowest BCUT2D eigenvalue weighted by molar-refractivity contribution is -0.142. The number of ether oxygens (including phenoxy) is 1.